The highest BCUT2D eigenvalue weighted by Crippen LogP contribution is 2.16. The molecule has 114 valence electrons. The van der Waals surface area contributed by atoms with Gasteiger partial charge in [0.2, 0.25) is 0 Å². The first kappa shape index (κ1) is 17.4. The van der Waals surface area contributed by atoms with Gasteiger partial charge in [-0.2, -0.15) is 11.8 Å². The smallest absolute Gasteiger partial charge is 0.119 e. The minimum Gasteiger partial charge on any atom is -0.497 e. The van der Waals surface area contributed by atoms with Crippen LogP contribution in [0.5, 0.6) is 5.75 Å². The Morgan fingerprint density at radius 2 is 2.05 bits per heavy atom. The first-order chi connectivity index (χ1) is 9.65. The van der Waals surface area contributed by atoms with Gasteiger partial charge in [0.05, 0.1) is 7.11 Å². The SMILES string of the molecule is CCCNC(CSCC(C)C)Cc1cccc(OC)c1. The monoisotopic (exact) mass is 295 g/mol. The van der Waals surface area contributed by atoms with Gasteiger partial charge in [-0.15, -0.1) is 0 Å². The second kappa shape index (κ2) is 10.1. The molecule has 2 nitrogen and oxygen atoms in total. The van der Waals surface area contributed by atoms with E-state index in [1.807, 2.05) is 6.07 Å². The average molecular weight is 295 g/mol. The fourth-order valence-electron chi connectivity index (χ4n) is 2.07. The van der Waals surface area contributed by atoms with Crippen molar-refractivity contribution in [3.8, 4) is 5.75 Å². The maximum absolute atomic E-state index is 5.30. The molecule has 20 heavy (non-hydrogen) atoms. The summed E-state index contributed by atoms with van der Waals surface area (Å²) in [4.78, 5) is 0. The number of rotatable bonds is 10. The van der Waals surface area contributed by atoms with Crippen LogP contribution < -0.4 is 10.1 Å². The van der Waals surface area contributed by atoms with Crippen LogP contribution in [0.25, 0.3) is 0 Å². The number of ether oxygens (including phenoxy) is 1. The van der Waals surface area contributed by atoms with Gasteiger partial charge in [0, 0.05) is 11.8 Å². The first-order valence-electron chi connectivity index (χ1n) is 7.59. The van der Waals surface area contributed by atoms with Crippen LogP contribution >= 0.6 is 11.8 Å². The van der Waals surface area contributed by atoms with Crippen molar-refractivity contribution < 1.29 is 4.74 Å². The molecule has 0 amide bonds. The lowest BCUT2D eigenvalue weighted by Gasteiger charge is -2.19. The second-order valence-electron chi connectivity index (χ2n) is 5.64. The van der Waals surface area contributed by atoms with Crippen LogP contribution in [0.2, 0.25) is 0 Å². The molecule has 1 rings (SSSR count). The summed E-state index contributed by atoms with van der Waals surface area (Å²) in [6.45, 7) is 7.88. The molecule has 1 atom stereocenters. The van der Waals surface area contributed by atoms with Gasteiger partial charge in [-0.25, -0.2) is 0 Å². The van der Waals surface area contributed by atoms with Crippen molar-refractivity contribution in [1.82, 2.24) is 5.32 Å². The lowest BCUT2D eigenvalue weighted by molar-refractivity contribution is 0.414. The molecule has 0 fully saturated rings. The van der Waals surface area contributed by atoms with Crippen molar-refractivity contribution in [2.75, 3.05) is 25.2 Å². The third-order valence-corrected chi connectivity index (χ3v) is 4.61. The predicted octanol–water partition coefficient (Wildman–Crippen LogP) is 4.00. The Balaban J connectivity index is 2.53. The highest BCUT2D eigenvalue weighted by atomic mass is 32.2. The summed E-state index contributed by atoms with van der Waals surface area (Å²) in [6.07, 6.45) is 2.26. The van der Waals surface area contributed by atoms with E-state index < -0.39 is 0 Å². The van der Waals surface area contributed by atoms with E-state index in [0.29, 0.717) is 6.04 Å². The van der Waals surface area contributed by atoms with E-state index in [0.717, 1.165) is 24.6 Å². The van der Waals surface area contributed by atoms with Gasteiger partial charge in [0.1, 0.15) is 5.75 Å². The first-order valence-corrected chi connectivity index (χ1v) is 8.75. The zero-order valence-electron chi connectivity index (χ0n) is 13.3. The van der Waals surface area contributed by atoms with Gasteiger partial charge in [0.15, 0.2) is 0 Å². The predicted molar refractivity (Wildman–Crippen MR) is 90.9 cm³/mol. The number of hydrogen-bond acceptors (Lipinski definition) is 3. The Labute approximate surface area is 128 Å². The van der Waals surface area contributed by atoms with Gasteiger partial charge in [-0.1, -0.05) is 32.9 Å². The fourth-order valence-corrected chi connectivity index (χ4v) is 3.20. The molecule has 3 heteroatoms. The molecule has 1 aromatic rings. The minimum atomic E-state index is 0.547. The zero-order chi connectivity index (χ0) is 14.8. The van der Waals surface area contributed by atoms with Crippen molar-refractivity contribution in [3.63, 3.8) is 0 Å². The number of nitrogens with one attached hydrogen (secondary N) is 1. The molecule has 1 unspecified atom stereocenters. The Bertz CT molecular complexity index is 368. The number of hydrogen-bond donors (Lipinski definition) is 1. The Kier molecular flexibility index (Phi) is 8.79. The van der Waals surface area contributed by atoms with E-state index >= 15 is 0 Å². The van der Waals surface area contributed by atoms with Crippen molar-refractivity contribution in [1.29, 1.82) is 0 Å². The number of benzene rings is 1. The highest BCUT2D eigenvalue weighted by molar-refractivity contribution is 7.99. The van der Waals surface area contributed by atoms with Gasteiger partial charge < -0.3 is 10.1 Å². The molecule has 0 aliphatic carbocycles. The summed E-state index contributed by atoms with van der Waals surface area (Å²) in [5, 5.41) is 3.67. The summed E-state index contributed by atoms with van der Waals surface area (Å²) in [5.74, 6) is 4.13. The molecule has 1 aromatic carbocycles. The van der Waals surface area contributed by atoms with E-state index in [9.17, 15) is 0 Å². The van der Waals surface area contributed by atoms with Crippen molar-refractivity contribution >= 4 is 11.8 Å². The van der Waals surface area contributed by atoms with Crippen LogP contribution in [0.3, 0.4) is 0 Å². The topological polar surface area (TPSA) is 21.3 Å². The lowest BCUT2D eigenvalue weighted by Crippen LogP contribution is -2.34. The van der Waals surface area contributed by atoms with E-state index in [1.165, 1.54) is 23.5 Å². The second-order valence-corrected chi connectivity index (χ2v) is 6.71. The van der Waals surface area contributed by atoms with Crippen LogP contribution in [-0.2, 0) is 6.42 Å². The maximum Gasteiger partial charge on any atom is 0.119 e. The molecule has 0 aliphatic rings. The Morgan fingerprint density at radius 3 is 2.70 bits per heavy atom. The standard InChI is InChI=1S/C17H29NOS/c1-5-9-18-16(13-20-12-14(2)3)10-15-7-6-8-17(11-15)19-4/h6-8,11,14,16,18H,5,9-10,12-13H2,1-4H3. The van der Waals surface area contributed by atoms with Gasteiger partial charge >= 0.3 is 0 Å². The van der Waals surface area contributed by atoms with Crippen molar-refractivity contribution in [2.24, 2.45) is 5.92 Å². The molecular weight excluding hydrogens is 266 g/mol. The molecule has 0 aromatic heterocycles. The summed E-state index contributed by atoms with van der Waals surface area (Å²) in [7, 11) is 1.73. The Morgan fingerprint density at radius 1 is 1.25 bits per heavy atom. The summed E-state index contributed by atoms with van der Waals surface area (Å²) in [5.41, 5.74) is 1.35. The van der Waals surface area contributed by atoms with Crippen molar-refractivity contribution in [3.05, 3.63) is 29.8 Å². The average Bonchev–Trinajstić information content (AvgIpc) is 2.44. The lowest BCUT2D eigenvalue weighted by atomic mass is 10.1. The molecule has 0 saturated heterocycles. The van der Waals surface area contributed by atoms with Crippen LogP contribution in [0.4, 0.5) is 0 Å². The van der Waals surface area contributed by atoms with Crippen LogP contribution in [0, 0.1) is 5.92 Å². The largest absolute Gasteiger partial charge is 0.497 e. The van der Waals surface area contributed by atoms with Crippen LogP contribution in [0.15, 0.2) is 24.3 Å². The molecular formula is C17H29NOS. The molecule has 0 saturated carbocycles. The summed E-state index contributed by atoms with van der Waals surface area (Å²) in [6, 6.07) is 8.97. The van der Waals surface area contributed by atoms with Gasteiger partial charge in [0.25, 0.3) is 0 Å². The molecule has 0 radical (unpaired) electrons. The maximum atomic E-state index is 5.30. The minimum absolute atomic E-state index is 0.547. The molecule has 0 aliphatic heterocycles. The summed E-state index contributed by atoms with van der Waals surface area (Å²) >= 11 is 2.06. The molecule has 1 N–H and O–H groups in total. The highest BCUT2D eigenvalue weighted by Gasteiger charge is 2.10. The molecule has 0 heterocycles. The molecule has 0 spiro atoms. The molecule has 0 bridgehead atoms. The van der Waals surface area contributed by atoms with E-state index in [1.54, 1.807) is 7.11 Å². The fraction of sp³-hybridized carbons (Fsp3) is 0.647. The third kappa shape index (κ3) is 7.20. The van der Waals surface area contributed by atoms with Crippen LogP contribution in [-0.4, -0.2) is 31.2 Å². The normalized spacial score (nSPS) is 12.7. The number of methoxy groups -OCH3 is 1. The van der Waals surface area contributed by atoms with E-state index in [2.05, 4.69) is 56.0 Å². The quantitative estimate of drug-likeness (QED) is 0.705. The summed E-state index contributed by atoms with van der Waals surface area (Å²) < 4.78 is 5.30. The zero-order valence-corrected chi connectivity index (χ0v) is 14.1. The van der Waals surface area contributed by atoms with E-state index in [4.69, 9.17) is 4.74 Å². The van der Waals surface area contributed by atoms with Crippen molar-refractivity contribution in [2.45, 2.75) is 39.7 Å². The van der Waals surface area contributed by atoms with Gasteiger partial charge in [-0.3, -0.25) is 0 Å². The number of thioether (sulfide) groups is 1. The third-order valence-electron chi connectivity index (χ3n) is 3.07. The van der Waals surface area contributed by atoms with Gasteiger partial charge in [-0.05, 0) is 48.8 Å². The van der Waals surface area contributed by atoms with Crippen LogP contribution in [0.1, 0.15) is 32.8 Å². The Hall–Kier alpha value is -0.670. The van der Waals surface area contributed by atoms with E-state index in [-0.39, 0.29) is 0 Å².